The van der Waals surface area contributed by atoms with Gasteiger partial charge in [-0.05, 0) is 25.5 Å². The van der Waals surface area contributed by atoms with Crippen LogP contribution in [0.3, 0.4) is 0 Å². The van der Waals surface area contributed by atoms with Gasteiger partial charge in [0.05, 0.1) is 12.0 Å². The third-order valence-corrected chi connectivity index (χ3v) is 3.31. The van der Waals surface area contributed by atoms with E-state index < -0.39 is 0 Å². The normalized spacial score (nSPS) is 26.3. The molecule has 100 valence electrons. The summed E-state index contributed by atoms with van der Waals surface area (Å²) < 4.78 is 0. The van der Waals surface area contributed by atoms with E-state index in [1.54, 1.807) is 0 Å². The van der Waals surface area contributed by atoms with Crippen molar-refractivity contribution in [2.45, 2.75) is 32.1 Å². The molecule has 5 nitrogen and oxygen atoms in total. The van der Waals surface area contributed by atoms with Crippen molar-refractivity contribution in [3.8, 4) is 6.07 Å². The molecule has 3 N–H and O–H groups in total. The topological polar surface area (TPSA) is 76.9 Å². The van der Waals surface area contributed by atoms with Crippen LogP contribution >= 0.6 is 0 Å². The molecule has 0 aliphatic carbocycles. The van der Waals surface area contributed by atoms with Gasteiger partial charge in [0.25, 0.3) is 0 Å². The van der Waals surface area contributed by atoms with E-state index >= 15 is 0 Å². The van der Waals surface area contributed by atoms with Crippen LogP contribution in [0, 0.1) is 17.2 Å². The van der Waals surface area contributed by atoms with Gasteiger partial charge in [-0.25, -0.2) is 0 Å². The van der Waals surface area contributed by atoms with Crippen LogP contribution in [-0.2, 0) is 4.79 Å². The van der Waals surface area contributed by atoms with Gasteiger partial charge in [-0.3, -0.25) is 10.1 Å². The summed E-state index contributed by atoms with van der Waals surface area (Å²) >= 11 is 0. The highest BCUT2D eigenvalue weighted by Gasteiger charge is 2.32. The molecule has 1 fully saturated rings. The standard InChI is InChI=1S/C14H18N4O/c1-10-12(8-5-9-15)13(19)18-14(16-10)17-11-6-3-2-4-7-11/h2-4,6-7,10,12,14,16-17H,5,8H2,1H3,(H,18,19). The summed E-state index contributed by atoms with van der Waals surface area (Å²) in [6.45, 7) is 1.97. The molecule has 1 amide bonds. The van der Waals surface area contributed by atoms with E-state index in [0.29, 0.717) is 12.8 Å². The number of anilines is 1. The Hall–Kier alpha value is -2.06. The lowest BCUT2D eigenvalue weighted by Gasteiger charge is -2.36. The van der Waals surface area contributed by atoms with Crippen molar-refractivity contribution in [2.24, 2.45) is 5.92 Å². The number of hydrogen-bond acceptors (Lipinski definition) is 4. The van der Waals surface area contributed by atoms with Gasteiger partial charge in [0, 0.05) is 18.2 Å². The molecule has 1 aliphatic rings. The zero-order valence-corrected chi connectivity index (χ0v) is 10.9. The summed E-state index contributed by atoms with van der Waals surface area (Å²) in [6, 6.07) is 11.8. The van der Waals surface area contributed by atoms with Gasteiger partial charge in [0.1, 0.15) is 0 Å². The predicted octanol–water partition coefficient (Wildman–Crippen LogP) is 1.41. The second kappa shape index (κ2) is 6.21. The number of benzene rings is 1. The number of carbonyl (C=O) groups is 1. The predicted molar refractivity (Wildman–Crippen MR) is 72.9 cm³/mol. The first-order valence-corrected chi connectivity index (χ1v) is 6.45. The van der Waals surface area contributed by atoms with Crippen LogP contribution in [0.25, 0.3) is 0 Å². The van der Waals surface area contributed by atoms with Gasteiger partial charge in [0.15, 0.2) is 6.29 Å². The largest absolute Gasteiger partial charge is 0.353 e. The Morgan fingerprint density at radius 1 is 1.37 bits per heavy atom. The van der Waals surface area contributed by atoms with Crippen molar-refractivity contribution < 1.29 is 4.79 Å². The Morgan fingerprint density at radius 3 is 2.74 bits per heavy atom. The van der Waals surface area contributed by atoms with Gasteiger partial charge < -0.3 is 10.6 Å². The quantitative estimate of drug-likeness (QED) is 0.763. The summed E-state index contributed by atoms with van der Waals surface area (Å²) in [4.78, 5) is 12.0. The minimum atomic E-state index is -0.275. The molecular formula is C14H18N4O. The Balaban J connectivity index is 1.94. The molecule has 3 unspecified atom stereocenters. The van der Waals surface area contributed by atoms with Gasteiger partial charge in [-0.2, -0.15) is 5.26 Å². The molecule has 1 saturated heterocycles. The maximum atomic E-state index is 12.0. The smallest absolute Gasteiger partial charge is 0.227 e. The van der Waals surface area contributed by atoms with Crippen LogP contribution < -0.4 is 16.0 Å². The van der Waals surface area contributed by atoms with Crippen molar-refractivity contribution in [3.63, 3.8) is 0 Å². The molecule has 3 atom stereocenters. The number of nitrogens with zero attached hydrogens (tertiary/aromatic N) is 1. The average molecular weight is 258 g/mol. The van der Waals surface area contributed by atoms with Crippen LogP contribution in [-0.4, -0.2) is 18.2 Å². The van der Waals surface area contributed by atoms with Crippen LogP contribution in [0.5, 0.6) is 0 Å². The summed E-state index contributed by atoms with van der Waals surface area (Å²) in [5.41, 5.74) is 0.947. The Kier molecular flexibility index (Phi) is 4.37. The minimum Gasteiger partial charge on any atom is -0.353 e. The molecular weight excluding hydrogens is 240 g/mol. The first-order valence-electron chi connectivity index (χ1n) is 6.45. The maximum absolute atomic E-state index is 12.0. The summed E-state index contributed by atoms with van der Waals surface area (Å²) in [7, 11) is 0. The van der Waals surface area contributed by atoms with Crippen molar-refractivity contribution in [1.29, 1.82) is 5.26 Å². The molecule has 5 heteroatoms. The van der Waals surface area contributed by atoms with Crippen molar-refractivity contribution in [3.05, 3.63) is 30.3 Å². The molecule has 0 radical (unpaired) electrons. The van der Waals surface area contributed by atoms with E-state index in [1.807, 2.05) is 37.3 Å². The molecule has 1 aromatic carbocycles. The molecule has 0 bridgehead atoms. The van der Waals surface area contributed by atoms with Crippen LogP contribution in [0.4, 0.5) is 5.69 Å². The van der Waals surface area contributed by atoms with E-state index in [9.17, 15) is 4.79 Å². The molecule has 1 aromatic rings. The van der Waals surface area contributed by atoms with Crippen LogP contribution in [0.2, 0.25) is 0 Å². The maximum Gasteiger partial charge on any atom is 0.227 e. The monoisotopic (exact) mass is 258 g/mol. The third-order valence-electron chi connectivity index (χ3n) is 3.31. The highest BCUT2D eigenvalue weighted by Crippen LogP contribution is 2.16. The molecule has 2 rings (SSSR count). The van der Waals surface area contributed by atoms with E-state index in [1.165, 1.54) is 0 Å². The number of nitrogens with one attached hydrogen (secondary N) is 3. The Labute approximate surface area is 113 Å². The second-order valence-corrected chi connectivity index (χ2v) is 4.71. The molecule has 19 heavy (non-hydrogen) atoms. The fraction of sp³-hybridized carbons (Fsp3) is 0.429. The van der Waals surface area contributed by atoms with Gasteiger partial charge >= 0.3 is 0 Å². The summed E-state index contributed by atoms with van der Waals surface area (Å²) in [6.07, 6.45) is 0.721. The molecule has 0 spiro atoms. The fourth-order valence-electron chi connectivity index (χ4n) is 2.28. The Morgan fingerprint density at radius 2 is 2.11 bits per heavy atom. The van der Waals surface area contributed by atoms with Crippen molar-refractivity contribution >= 4 is 11.6 Å². The SMILES string of the molecule is CC1NC(Nc2ccccc2)NC(=O)C1CCC#N. The molecule has 1 aliphatic heterocycles. The van der Waals surface area contributed by atoms with E-state index in [-0.39, 0.29) is 24.2 Å². The second-order valence-electron chi connectivity index (χ2n) is 4.71. The number of para-hydroxylation sites is 1. The molecule has 1 heterocycles. The number of nitriles is 1. The minimum absolute atomic E-state index is 0.00469. The van der Waals surface area contributed by atoms with Gasteiger partial charge in [0.2, 0.25) is 5.91 Å². The van der Waals surface area contributed by atoms with Gasteiger partial charge in [-0.1, -0.05) is 18.2 Å². The molecule has 0 aromatic heterocycles. The first kappa shape index (κ1) is 13.4. The lowest BCUT2D eigenvalue weighted by molar-refractivity contribution is -0.129. The number of rotatable bonds is 4. The summed E-state index contributed by atoms with van der Waals surface area (Å²) in [5, 5.41) is 18.0. The highest BCUT2D eigenvalue weighted by atomic mass is 16.2. The lowest BCUT2D eigenvalue weighted by Crippen LogP contribution is -2.63. The third kappa shape index (κ3) is 3.46. The average Bonchev–Trinajstić information content (AvgIpc) is 2.39. The van der Waals surface area contributed by atoms with E-state index in [4.69, 9.17) is 5.26 Å². The number of hydrogen-bond donors (Lipinski definition) is 3. The number of amides is 1. The van der Waals surface area contributed by atoms with E-state index in [2.05, 4.69) is 22.0 Å². The van der Waals surface area contributed by atoms with Crippen molar-refractivity contribution in [1.82, 2.24) is 10.6 Å². The lowest BCUT2D eigenvalue weighted by atomic mass is 9.93. The van der Waals surface area contributed by atoms with E-state index in [0.717, 1.165) is 5.69 Å². The zero-order valence-electron chi connectivity index (χ0n) is 10.9. The van der Waals surface area contributed by atoms with Crippen LogP contribution in [0.15, 0.2) is 30.3 Å². The van der Waals surface area contributed by atoms with Crippen LogP contribution in [0.1, 0.15) is 19.8 Å². The number of carbonyl (C=O) groups excluding carboxylic acids is 1. The zero-order chi connectivity index (χ0) is 13.7. The summed E-state index contributed by atoms with van der Waals surface area (Å²) in [5.74, 6) is -0.150. The molecule has 0 saturated carbocycles. The van der Waals surface area contributed by atoms with Crippen molar-refractivity contribution in [2.75, 3.05) is 5.32 Å². The Bertz CT molecular complexity index is 468. The van der Waals surface area contributed by atoms with Gasteiger partial charge in [-0.15, -0.1) is 0 Å². The first-order chi connectivity index (χ1) is 9.20. The fourth-order valence-corrected chi connectivity index (χ4v) is 2.28. The highest BCUT2D eigenvalue weighted by molar-refractivity contribution is 5.80.